The molecule has 2 aromatic carbocycles. The Morgan fingerprint density at radius 2 is 1.69 bits per heavy atom. The van der Waals surface area contributed by atoms with E-state index in [0.717, 1.165) is 0 Å². The zero-order chi connectivity index (χ0) is 23.1. The summed E-state index contributed by atoms with van der Waals surface area (Å²) < 4.78 is 10.5. The molecule has 0 spiro atoms. The van der Waals surface area contributed by atoms with Crippen molar-refractivity contribution in [1.82, 2.24) is 4.90 Å². The second kappa shape index (κ2) is 10.6. The van der Waals surface area contributed by atoms with E-state index in [1.165, 1.54) is 7.11 Å². The second-order valence-electron chi connectivity index (χ2n) is 7.60. The van der Waals surface area contributed by atoms with Crippen LogP contribution in [0.5, 0.6) is 11.5 Å². The van der Waals surface area contributed by atoms with E-state index in [-0.39, 0.29) is 24.3 Å². The zero-order valence-electron chi connectivity index (χ0n) is 18.2. The van der Waals surface area contributed by atoms with Crippen molar-refractivity contribution in [3.8, 4) is 11.5 Å². The van der Waals surface area contributed by atoms with Gasteiger partial charge in [0.1, 0.15) is 11.5 Å². The molecule has 3 amide bonds. The van der Waals surface area contributed by atoms with Gasteiger partial charge in [-0.2, -0.15) is 0 Å². The molecule has 3 rings (SSSR count). The Bertz CT molecular complexity index is 969. The first-order valence-electron chi connectivity index (χ1n) is 10.3. The van der Waals surface area contributed by atoms with Crippen molar-refractivity contribution in [2.24, 2.45) is 11.7 Å². The van der Waals surface area contributed by atoms with Crippen molar-refractivity contribution >= 4 is 29.1 Å². The standard InChI is InChI=1S/C23H28N4O5/c1-31-18-7-8-19(20(13-18)32-2)26-21(28)14-27-11-9-16(10-12-27)23(30)25-17-5-3-15(4-6-17)22(24)29/h3-8,13,16H,9-12,14H2,1-2H3,(H2,24,29)(H,25,30)(H,26,28). The number of methoxy groups -OCH3 is 2. The SMILES string of the molecule is COc1ccc(NC(=O)CN2CCC(C(=O)Nc3ccc(C(N)=O)cc3)CC2)c(OC)c1. The first-order valence-corrected chi connectivity index (χ1v) is 10.3. The van der Waals surface area contributed by atoms with Crippen LogP contribution in [0, 0.1) is 5.92 Å². The molecular formula is C23H28N4O5. The van der Waals surface area contributed by atoms with Crippen molar-refractivity contribution in [3.63, 3.8) is 0 Å². The normalized spacial score (nSPS) is 14.4. The zero-order valence-corrected chi connectivity index (χ0v) is 18.2. The quantitative estimate of drug-likeness (QED) is 0.578. The molecule has 0 radical (unpaired) electrons. The van der Waals surface area contributed by atoms with Crippen LogP contribution in [-0.4, -0.2) is 56.5 Å². The molecule has 1 saturated heterocycles. The maximum absolute atomic E-state index is 12.6. The van der Waals surface area contributed by atoms with Crippen LogP contribution in [0.15, 0.2) is 42.5 Å². The number of primary amides is 1. The highest BCUT2D eigenvalue weighted by atomic mass is 16.5. The van der Waals surface area contributed by atoms with Crippen LogP contribution in [0.3, 0.4) is 0 Å². The third-order valence-electron chi connectivity index (χ3n) is 5.45. The Morgan fingerprint density at radius 3 is 2.28 bits per heavy atom. The lowest BCUT2D eigenvalue weighted by Crippen LogP contribution is -2.41. The minimum absolute atomic E-state index is 0.0658. The minimum atomic E-state index is -0.510. The van der Waals surface area contributed by atoms with Crippen LogP contribution in [0.1, 0.15) is 23.2 Å². The lowest BCUT2D eigenvalue weighted by molar-refractivity contribution is -0.121. The maximum Gasteiger partial charge on any atom is 0.248 e. The van der Waals surface area contributed by atoms with Crippen molar-refractivity contribution < 1.29 is 23.9 Å². The molecule has 9 nitrogen and oxygen atoms in total. The summed E-state index contributed by atoms with van der Waals surface area (Å²) in [7, 11) is 3.10. The number of rotatable bonds is 8. The lowest BCUT2D eigenvalue weighted by Gasteiger charge is -2.30. The van der Waals surface area contributed by atoms with Gasteiger partial charge in [0.25, 0.3) is 0 Å². The molecule has 32 heavy (non-hydrogen) atoms. The van der Waals surface area contributed by atoms with E-state index in [1.54, 1.807) is 49.6 Å². The van der Waals surface area contributed by atoms with Gasteiger partial charge in [-0.3, -0.25) is 19.3 Å². The van der Waals surface area contributed by atoms with E-state index in [2.05, 4.69) is 10.6 Å². The van der Waals surface area contributed by atoms with Gasteiger partial charge in [0.05, 0.1) is 26.5 Å². The average molecular weight is 441 g/mol. The van der Waals surface area contributed by atoms with Crippen molar-refractivity contribution in [1.29, 1.82) is 0 Å². The van der Waals surface area contributed by atoms with Gasteiger partial charge in [-0.05, 0) is 62.3 Å². The monoisotopic (exact) mass is 440 g/mol. The number of hydrogen-bond acceptors (Lipinski definition) is 6. The number of piperidine rings is 1. The summed E-state index contributed by atoms with van der Waals surface area (Å²) >= 11 is 0. The van der Waals surface area contributed by atoms with Crippen LogP contribution in [-0.2, 0) is 9.59 Å². The molecule has 2 aromatic rings. The molecule has 0 unspecified atom stereocenters. The number of ether oxygens (including phenoxy) is 2. The van der Waals surface area contributed by atoms with Gasteiger partial charge in [0.2, 0.25) is 17.7 Å². The predicted octanol–water partition coefficient (Wildman–Crippen LogP) is 2.09. The number of hydrogen-bond donors (Lipinski definition) is 3. The van der Waals surface area contributed by atoms with Gasteiger partial charge in [-0.1, -0.05) is 0 Å². The Balaban J connectivity index is 1.46. The molecule has 0 saturated carbocycles. The number of nitrogens with two attached hydrogens (primary N) is 1. The highest BCUT2D eigenvalue weighted by molar-refractivity contribution is 5.96. The number of likely N-dealkylation sites (tertiary alicyclic amines) is 1. The van der Waals surface area contributed by atoms with E-state index < -0.39 is 5.91 Å². The van der Waals surface area contributed by atoms with Gasteiger partial charge in [0, 0.05) is 23.2 Å². The first-order chi connectivity index (χ1) is 15.4. The van der Waals surface area contributed by atoms with Crippen LogP contribution in [0.4, 0.5) is 11.4 Å². The highest BCUT2D eigenvalue weighted by Gasteiger charge is 2.26. The molecule has 170 valence electrons. The number of carbonyl (C=O) groups is 3. The maximum atomic E-state index is 12.6. The minimum Gasteiger partial charge on any atom is -0.497 e. The molecule has 0 aliphatic carbocycles. The smallest absolute Gasteiger partial charge is 0.248 e. The van der Waals surface area contributed by atoms with Gasteiger partial charge in [0.15, 0.2) is 0 Å². The molecule has 0 aromatic heterocycles. The van der Waals surface area contributed by atoms with Crippen molar-refractivity contribution in [2.45, 2.75) is 12.8 Å². The highest BCUT2D eigenvalue weighted by Crippen LogP contribution is 2.29. The fourth-order valence-corrected chi connectivity index (χ4v) is 3.61. The van der Waals surface area contributed by atoms with E-state index in [0.29, 0.717) is 54.4 Å². The Hall–Kier alpha value is -3.59. The fraction of sp³-hybridized carbons (Fsp3) is 0.348. The summed E-state index contributed by atoms with van der Waals surface area (Å²) in [4.78, 5) is 38.2. The van der Waals surface area contributed by atoms with Gasteiger partial charge in [-0.25, -0.2) is 0 Å². The van der Waals surface area contributed by atoms with Crippen LogP contribution in [0.2, 0.25) is 0 Å². The van der Waals surface area contributed by atoms with Gasteiger partial charge < -0.3 is 25.8 Å². The summed E-state index contributed by atoms with van der Waals surface area (Å²) in [6.07, 6.45) is 1.31. The summed E-state index contributed by atoms with van der Waals surface area (Å²) in [5.74, 6) is 0.312. The third-order valence-corrected chi connectivity index (χ3v) is 5.45. The molecule has 1 aliphatic heterocycles. The first kappa shape index (κ1) is 23.1. The average Bonchev–Trinajstić information content (AvgIpc) is 2.80. The van der Waals surface area contributed by atoms with E-state index >= 15 is 0 Å². The van der Waals surface area contributed by atoms with Crippen LogP contribution >= 0.6 is 0 Å². The summed E-state index contributed by atoms with van der Waals surface area (Å²) in [5, 5.41) is 5.74. The Morgan fingerprint density at radius 1 is 1.00 bits per heavy atom. The number of benzene rings is 2. The number of carbonyl (C=O) groups excluding carboxylic acids is 3. The van der Waals surface area contributed by atoms with Crippen LogP contribution < -0.4 is 25.8 Å². The molecule has 4 N–H and O–H groups in total. The Labute approximate surface area is 186 Å². The number of nitrogens with one attached hydrogen (secondary N) is 2. The Kier molecular flexibility index (Phi) is 7.67. The molecular weight excluding hydrogens is 412 g/mol. The summed E-state index contributed by atoms with van der Waals surface area (Å²) in [5.41, 5.74) is 6.82. The fourth-order valence-electron chi connectivity index (χ4n) is 3.61. The molecule has 9 heteroatoms. The van der Waals surface area contributed by atoms with E-state index in [4.69, 9.17) is 15.2 Å². The molecule has 0 bridgehead atoms. The van der Waals surface area contributed by atoms with Gasteiger partial charge >= 0.3 is 0 Å². The molecule has 1 heterocycles. The number of nitrogens with zero attached hydrogens (tertiary/aromatic N) is 1. The molecule has 1 aliphatic rings. The largest absolute Gasteiger partial charge is 0.497 e. The number of anilines is 2. The lowest BCUT2D eigenvalue weighted by atomic mass is 9.95. The number of amides is 3. The summed E-state index contributed by atoms with van der Waals surface area (Å²) in [6.45, 7) is 1.52. The molecule has 1 fully saturated rings. The van der Waals surface area contributed by atoms with E-state index in [1.807, 2.05) is 4.90 Å². The topological polar surface area (TPSA) is 123 Å². The van der Waals surface area contributed by atoms with Crippen LogP contribution in [0.25, 0.3) is 0 Å². The second-order valence-corrected chi connectivity index (χ2v) is 7.60. The van der Waals surface area contributed by atoms with E-state index in [9.17, 15) is 14.4 Å². The predicted molar refractivity (Wildman–Crippen MR) is 121 cm³/mol. The third kappa shape index (κ3) is 5.98. The van der Waals surface area contributed by atoms with Crippen molar-refractivity contribution in [2.75, 3.05) is 44.5 Å². The summed E-state index contributed by atoms with van der Waals surface area (Å²) in [6, 6.07) is 11.7. The van der Waals surface area contributed by atoms with Crippen molar-refractivity contribution in [3.05, 3.63) is 48.0 Å². The van der Waals surface area contributed by atoms with Gasteiger partial charge in [-0.15, -0.1) is 0 Å². The molecule has 0 atom stereocenters.